The SMILES string of the molecule is C[C@@H](CCc1ccccc1)NC(=O)C(=O)Nc1ccc(F)cc1. The van der Waals surface area contributed by atoms with Crippen LogP contribution in [0.4, 0.5) is 10.1 Å². The molecule has 0 spiro atoms. The summed E-state index contributed by atoms with van der Waals surface area (Å²) in [5.41, 5.74) is 1.56. The summed E-state index contributed by atoms with van der Waals surface area (Å²) in [6.45, 7) is 1.85. The number of rotatable bonds is 5. The Labute approximate surface area is 134 Å². The van der Waals surface area contributed by atoms with Crippen molar-refractivity contribution in [3.8, 4) is 0 Å². The summed E-state index contributed by atoms with van der Waals surface area (Å²) in [6, 6.07) is 15.1. The van der Waals surface area contributed by atoms with Gasteiger partial charge in [-0.15, -0.1) is 0 Å². The molecular weight excluding hydrogens is 295 g/mol. The molecule has 120 valence electrons. The van der Waals surface area contributed by atoms with Crippen LogP contribution < -0.4 is 10.6 Å². The molecule has 0 heterocycles. The first kappa shape index (κ1) is 16.7. The van der Waals surface area contributed by atoms with Gasteiger partial charge in [0, 0.05) is 11.7 Å². The van der Waals surface area contributed by atoms with Crippen molar-refractivity contribution in [1.29, 1.82) is 0 Å². The van der Waals surface area contributed by atoms with Crippen molar-refractivity contribution < 1.29 is 14.0 Å². The molecule has 0 radical (unpaired) electrons. The highest BCUT2D eigenvalue weighted by molar-refractivity contribution is 6.39. The Balaban J connectivity index is 1.78. The molecule has 23 heavy (non-hydrogen) atoms. The number of benzene rings is 2. The normalized spacial score (nSPS) is 11.6. The topological polar surface area (TPSA) is 58.2 Å². The highest BCUT2D eigenvalue weighted by Gasteiger charge is 2.16. The third-order valence-electron chi connectivity index (χ3n) is 3.39. The third-order valence-corrected chi connectivity index (χ3v) is 3.39. The molecule has 2 amide bonds. The van der Waals surface area contributed by atoms with E-state index < -0.39 is 17.6 Å². The molecule has 1 atom stereocenters. The van der Waals surface area contributed by atoms with E-state index in [2.05, 4.69) is 10.6 Å². The van der Waals surface area contributed by atoms with E-state index >= 15 is 0 Å². The van der Waals surface area contributed by atoms with Gasteiger partial charge in [0.05, 0.1) is 0 Å². The first-order valence-corrected chi connectivity index (χ1v) is 7.46. The number of carbonyl (C=O) groups excluding carboxylic acids is 2. The highest BCUT2D eigenvalue weighted by atomic mass is 19.1. The second-order valence-corrected chi connectivity index (χ2v) is 5.36. The standard InChI is InChI=1S/C18H19FN2O2/c1-13(7-8-14-5-3-2-4-6-14)20-17(22)18(23)21-16-11-9-15(19)10-12-16/h2-6,9-13H,7-8H2,1H3,(H,20,22)(H,21,23)/t13-/m0/s1. The minimum Gasteiger partial charge on any atom is -0.345 e. The first-order chi connectivity index (χ1) is 11.0. The lowest BCUT2D eigenvalue weighted by atomic mass is 10.1. The van der Waals surface area contributed by atoms with Gasteiger partial charge >= 0.3 is 11.8 Å². The van der Waals surface area contributed by atoms with E-state index in [0.29, 0.717) is 5.69 Å². The number of nitrogens with one attached hydrogen (secondary N) is 2. The Bertz CT molecular complexity index is 656. The van der Waals surface area contributed by atoms with Crippen molar-refractivity contribution in [2.24, 2.45) is 0 Å². The molecule has 2 rings (SSSR count). The van der Waals surface area contributed by atoms with Crippen molar-refractivity contribution in [2.45, 2.75) is 25.8 Å². The number of amides is 2. The number of halogens is 1. The molecule has 2 aromatic carbocycles. The maximum atomic E-state index is 12.8. The van der Waals surface area contributed by atoms with Crippen molar-refractivity contribution in [2.75, 3.05) is 5.32 Å². The largest absolute Gasteiger partial charge is 0.345 e. The lowest BCUT2D eigenvalue weighted by Gasteiger charge is -2.13. The third kappa shape index (κ3) is 5.54. The highest BCUT2D eigenvalue weighted by Crippen LogP contribution is 2.08. The average Bonchev–Trinajstić information content (AvgIpc) is 2.56. The summed E-state index contributed by atoms with van der Waals surface area (Å²) < 4.78 is 12.8. The summed E-state index contributed by atoms with van der Waals surface area (Å²) in [5.74, 6) is -1.86. The molecule has 0 aliphatic rings. The smallest absolute Gasteiger partial charge is 0.313 e. The number of anilines is 1. The van der Waals surface area contributed by atoms with Crippen molar-refractivity contribution in [3.05, 3.63) is 66.0 Å². The van der Waals surface area contributed by atoms with E-state index in [4.69, 9.17) is 0 Å². The van der Waals surface area contributed by atoms with Gasteiger partial charge in [-0.05, 0) is 49.6 Å². The van der Waals surface area contributed by atoms with E-state index in [0.717, 1.165) is 12.8 Å². The lowest BCUT2D eigenvalue weighted by molar-refractivity contribution is -0.136. The summed E-state index contributed by atoms with van der Waals surface area (Å²) >= 11 is 0. The molecule has 0 saturated heterocycles. The van der Waals surface area contributed by atoms with Crippen LogP contribution in [0.3, 0.4) is 0 Å². The van der Waals surface area contributed by atoms with Gasteiger partial charge in [-0.25, -0.2) is 4.39 Å². The Morgan fingerprint density at radius 2 is 1.65 bits per heavy atom. The van der Waals surface area contributed by atoms with Gasteiger partial charge in [-0.3, -0.25) is 9.59 Å². The zero-order valence-corrected chi connectivity index (χ0v) is 12.9. The molecule has 5 heteroatoms. The Morgan fingerprint density at radius 1 is 1.00 bits per heavy atom. The molecule has 0 aliphatic carbocycles. The van der Waals surface area contributed by atoms with E-state index in [-0.39, 0.29) is 6.04 Å². The molecule has 0 saturated carbocycles. The van der Waals surface area contributed by atoms with Crippen LogP contribution in [0.1, 0.15) is 18.9 Å². The minimum atomic E-state index is -0.761. The van der Waals surface area contributed by atoms with E-state index in [9.17, 15) is 14.0 Å². The fourth-order valence-electron chi connectivity index (χ4n) is 2.11. The van der Waals surface area contributed by atoms with E-state index in [1.165, 1.54) is 29.8 Å². The fourth-order valence-corrected chi connectivity index (χ4v) is 2.11. The first-order valence-electron chi connectivity index (χ1n) is 7.46. The molecule has 2 aromatic rings. The van der Waals surface area contributed by atoms with Crippen LogP contribution in [-0.2, 0) is 16.0 Å². The maximum absolute atomic E-state index is 12.8. The van der Waals surface area contributed by atoms with Crippen molar-refractivity contribution in [1.82, 2.24) is 5.32 Å². The van der Waals surface area contributed by atoms with Gasteiger partial charge in [-0.2, -0.15) is 0 Å². The molecule has 4 nitrogen and oxygen atoms in total. The van der Waals surface area contributed by atoms with E-state index in [1.807, 2.05) is 37.3 Å². The number of hydrogen-bond donors (Lipinski definition) is 2. The fraction of sp³-hybridized carbons (Fsp3) is 0.222. The zero-order chi connectivity index (χ0) is 16.7. The second-order valence-electron chi connectivity index (χ2n) is 5.36. The van der Waals surface area contributed by atoms with Gasteiger partial charge < -0.3 is 10.6 Å². The molecule has 0 unspecified atom stereocenters. The summed E-state index contributed by atoms with van der Waals surface area (Å²) in [7, 11) is 0. The predicted molar refractivity (Wildman–Crippen MR) is 87.4 cm³/mol. The zero-order valence-electron chi connectivity index (χ0n) is 12.9. The molecular formula is C18H19FN2O2. The van der Waals surface area contributed by atoms with Crippen LogP contribution in [-0.4, -0.2) is 17.9 Å². The molecule has 0 aliphatic heterocycles. The van der Waals surface area contributed by atoms with Gasteiger partial charge in [0.1, 0.15) is 5.82 Å². The number of aryl methyl sites for hydroxylation is 1. The summed E-state index contributed by atoms with van der Waals surface area (Å²) in [6.07, 6.45) is 1.56. The minimum absolute atomic E-state index is 0.123. The van der Waals surface area contributed by atoms with Gasteiger partial charge in [0.25, 0.3) is 0 Å². The number of hydrogen-bond acceptors (Lipinski definition) is 2. The Morgan fingerprint density at radius 3 is 2.30 bits per heavy atom. The van der Waals surface area contributed by atoms with Gasteiger partial charge in [0.15, 0.2) is 0 Å². The molecule has 0 fully saturated rings. The molecule has 2 N–H and O–H groups in total. The van der Waals surface area contributed by atoms with Crippen LogP contribution >= 0.6 is 0 Å². The van der Waals surface area contributed by atoms with E-state index in [1.54, 1.807) is 0 Å². The van der Waals surface area contributed by atoms with Gasteiger partial charge in [-0.1, -0.05) is 30.3 Å². The van der Waals surface area contributed by atoms with Crippen LogP contribution in [0.5, 0.6) is 0 Å². The van der Waals surface area contributed by atoms with Crippen LogP contribution in [0, 0.1) is 5.82 Å². The Kier molecular flexibility index (Phi) is 5.86. The average molecular weight is 314 g/mol. The molecule has 0 bridgehead atoms. The summed E-state index contributed by atoms with van der Waals surface area (Å²) in [5, 5.41) is 5.09. The monoisotopic (exact) mass is 314 g/mol. The van der Waals surface area contributed by atoms with Crippen LogP contribution in [0.25, 0.3) is 0 Å². The van der Waals surface area contributed by atoms with Crippen molar-refractivity contribution in [3.63, 3.8) is 0 Å². The van der Waals surface area contributed by atoms with Crippen LogP contribution in [0.15, 0.2) is 54.6 Å². The predicted octanol–water partition coefficient (Wildman–Crippen LogP) is 2.90. The van der Waals surface area contributed by atoms with Crippen molar-refractivity contribution >= 4 is 17.5 Å². The summed E-state index contributed by atoms with van der Waals surface area (Å²) in [4.78, 5) is 23.6. The maximum Gasteiger partial charge on any atom is 0.313 e. The Hall–Kier alpha value is -2.69. The quantitative estimate of drug-likeness (QED) is 0.834. The van der Waals surface area contributed by atoms with Gasteiger partial charge in [0.2, 0.25) is 0 Å². The second kappa shape index (κ2) is 8.08. The molecule has 0 aromatic heterocycles. The number of carbonyl (C=O) groups is 2. The lowest BCUT2D eigenvalue weighted by Crippen LogP contribution is -2.40. The van der Waals surface area contributed by atoms with Crippen LogP contribution in [0.2, 0.25) is 0 Å².